The molecule has 3 aromatic rings. The lowest BCUT2D eigenvalue weighted by molar-refractivity contribution is 0.252. The van der Waals surface area contributed by atoms with Crippen molar-refractivity contribution in [3.8, 4) is 6.07 Å². The predicted octanol–water partition coefficient (Wildman–Crippen LogP) is 1.87. The van der Waals surface area contributed by atoms with E-state index >= 15 is 0 Å². The van der Waals surface area contributed by atoms with E-state index in [4.69, 9.17) is 10.7 Å². The highest BCUT2D eigenvalue weighted by atomic mass is 16.3. The average molecular weight is 377 g/mol. The summed E-state index contributed by atoms with van der Waals surface area (Å²) in [6.07, 6.45) is 2.64. The van der Waals surface area contributed by atoms with Gasteiger partial charge in [-0.05, 0) is 38.8 Å². The Morgan fingerprint density at radius 1 is 1.32 bits per heavy atom. The van der Waals surface area contributed by atoms with Gasteiger partial charge >= 0.3 is 0 Å². The number of aryl methyl sites for hydroxylation is 2. The third-order valence-corrected chi connectivity index (χ3v) is 5.56. The maximum absolute atomic E-state index is 9.61. The van der Waals surface area contributed by atoms with Crippen molar-refractivity contribution in [3.63, 3.8) is 0 Å². The number of aliphatic hydroxyl groups excluding tert-OH is 1. The van der Waals surface area contributed by atoms with Crippen molar-refractivity contribution in [2.24, 2.45) is 0 Å². The minimum absolute atomic E-state index is 0.139. The second-order valence-electron chi connectivity index (χ2n) is 7.41. The van der Waals surface area contributed by atoms with E-state index in [2.05, 4.69) is 21.5 Å². The first-order valence-corrected chi connectivity index (χ1v) is 9.36. The standard InChI is InChI=1S/C20H23N7O/c1-12-13(2)26-27-17(22)15(10-21)18(25-19(12)27)23-9-6-14-4-3-5-16(24-14)20(11-28)7-8-20/h3-5,28H,6-9,11,22H2,1-2H3,(H,23,25). The summed E-state index contributed by atoms with van der Waals surface area (Å²) in [5.41, 5.74) is 10.6. The minimum atomic E-state index is -0.143. The van der Waals surface area contributed by atoms with Crippen LogP contribution in [-0.4, -0.2) is 37.8 Å². The molecule has 28 heavy (non-hydrogen) atoms. The van der Waals surface area contributed by atoms with Crippen LogP contribution in [0.4, 0.5) is 11.6 Å². The zero-order valence-electron chi connectivity index (χ0n) is 16.0. The van der Waals surface area contributed by atoms with E-state index in [9.17, 15) is 10.4 Å². The van der Waals surface area contributed by atoms with Gasteiger partial charge in [0.15, 0.2) is 5.65 Å². The summed E-state index contributed by atoms with van der Waals surface area (Å²) >= 11 is 0. The Morgan fingerprint density at radius 3 is 2.79 bits per heavy atom. The maximum Gasteiger partial charge on any atom is 0.162 e. The molecule has 0 saturated heterocycles. The van der Waals surface area contributed by atoms with Crippen LogP contribution in [0.1, 0.15) is 41.1 Å². The molecule has 1 fully saturated rings. The monoisotopic (exact) mass is 377 g/mol. The lowest BCUT2D eigenvalue weighted by Crippen LogP contribution is -2.16. The fourth-order valence-corrected chi connectivity index (χ4v) is 3.39. The van der Waals surface area contributed by atoms with Crippen LogP contribution < -0.4 is 11.1 Å². The van der Waals surface area contributed by atoms with E-state index in [1.165, 1.54) is 4.52 Å². The lowest BCUT2D eigenvalue weighted by Gasteiger charge is -2.13. The Kier molecular flexibility index (Phi) is 4.40. The summed E-state index contributed by atoms with van der Waals surface area (Å²) in [4.78, 5) is 9.28. The number of nitrogens with one attached hydrogen (secondary N) is 1. The van der Waals surface area contributed by atoms with Crippen molar-refractivity contribution in [2.75, 3.05) is 24.2 Å². The quantitative estimate of drug-likeness (QED) is 0.599. The molecule has 4 N–H and O–H groups in total. The Morgan fingerprint density at radius 2 is 2.11 bits per heavy atom. The summed E-state index contributed by atoms with van der Waals surface area (Å²) in [6.45, 7) is 4.52. The summed E-state index contributed by atoms with van der Waals surface area (Å²) in [6, 6.07) is 8.06. The number of hydrogen-bond acceptors (Lipinski definition) is 7. The van der Waals surface area contributed by atoms with Gasteiger partial charge in [-0.25, -0.2) is 4.98 Å². The van der Waals surface area contributed by atoms with Gasteiger partial charge in [0.1, 0.15) is 23.3 Å². The minimum Gasteiger partial charge on any atom is -0.395 e. The van der Waals surface area contributed by atoms with Crippen molar-refractivity contribution in [1.29, 1.82) is 5.26 Å². The zero-order chi connectivity index (χ0) is 19.9. The van der Waals surface area contributed by atoms with Crippen LogP contribution in [0.25, 0.3) is 5.65 Å². The van der Waals surface area contributed by atoms with Gasteiger partial charge in [-0.1, -0.05) is 6.07 Å². The zero-order valence-corrected chi connectivity index (χ0v) is 16.0. The molecule has 0 unspecified atom stereocenters. The number of hydrogen-bond donors (Lipinski definition) is 3. The van der Waals surface area contributed by atoms with Crippen molar-refractivity contribution in [2.45, 2.75) is 38.5 Å². The SMILES string of the molecule is Cc1nn2c(N)c(C#N)c(NCCc3cccc(C4(CO)CC4)n3)nc2c1C. The van der Waals surface area contributed by atoms with Gasteiger partial charge in [-0.2, -0.15) is 14.9 Å². The van der Waals surface area contributed by atoms with Gasteiger partial charge in [0.2, 0.25) is 0 Å². The van der Waals surface area contributed by atoms with Gasteiger partial charge in [0.05, 0.1) is 12.3 Å². The van der Waals surface area contributed by atoms with Crippen LogP contribution in [0.15, 0.2) is 18.2 Å². The van der Waals surface area contributed by atoms with E-state index in [1.54, 1.807) is 0 Å². The molecule has 1 aliphatic rings. The van der Waals surface area contributed by atoms with E-state index in [0.717, 1.165) is 35.5 Å². The number of pyridine rings is 1. The largest absolute Gasteiger partial charge is 0.395 e. The van der Waals surface area contributed by atoms with Crippen LogP contribution in [0.2, 0.25) is 0 Å². The van der Waals surface area contributed by atoms with Gasteiger partial charge in [-0.15, -0.1) is 0 Å². The van der Waals surface area contributed by atoms with Gasteiger partial charge in [0, 0.05) is 35.3 Å². The molecule has 8 heteroatoms. The molecule has 1 saturated carbocycles. The first kappa shape index (κ1) is 18.2. The first-order chi connectivity index (χ1) is 13.5. The topological polar surface area (TPSA) is 125 Å². The number of aromatic nitrogens is 4. The fraction of sp³-hybridized carbons (Fsp3) is 0.400. The van der Waals surface area contributed by atoms with Crippen LogP contribution >= 0.6 is 0 Å². The lowest BCUT2D eigenvalue weighted by atomic mass is 10.0. The van der Waals surface area contributed by atoms with Crippen molar-refractivity contribution in [1.82, 2.24) is 19.6 Å². The highest BCUT2D eigenvalue weighted by Gasteiger charge is 2.45. The van der Waals surface area contributed by atoms with Crippen LogP contribution in [0.3, 0.4) is 0 Å². The maximum atomic E-state index is 9.61. The molecule has 0 spiro atoms. The molecule has 8 nitrogen and oxygen atoms in total. The Hall–Kier alpha value is -3.18. The predicted molar refractivity (Wildman–Crippen MR) is 106 cm³/mol. The summed E-state index contributed by atoms with van der Waals surface area (Å²) in [7, 11) is 0. The molecule has 0 aliphatic heterocycles. The number of anilines is 2. The number of fused-ring (bicyclic) bond motifs is 1. The molecule has 0 amide bonds. The van der Waals surface area contributed by atoms with Crippen LogP contribution in [0.5, 0.6) is 0 Å². The summed E-state index contributed by atoms with van der Waals surface area (Å²) < 4.78 is 1.52. The van der Waals surface area contributed by atoms with E-state index in [0.29, 0.717) is 24.4 Å². The second kappa shape index (κ2) is 6.77. The highest BCUT2D eigenvalue weighted by molar-refractivity contribution is 5.69. The first-order valence-electron chi connectivity index (χ1n) is 9.36. The number of nitriles is 1. The van der Waals surface area contributed by atoms with E-state index < -0.39 is 0 Å². The third kappa shape index (κ3) is 2.94. The van der Waals surface area contributed by atoms with Crippen LogP contribution in [0, 0.1) is 25.2 Å². The molecular formula is C20H23N7O. The Bertz CT molecular complexity index is 1090. The smallest absolute Gasteiger partial charge is 0.162 e. The summed E-state index contributed by atoms with van der Waals surface area (Å²) in [5.74, 6) is 0.741. The molecule has 144 valence electrons. The number of nitrogen functional groups attached to an aromatic ring is 1. The molecule has 0 radical (unpaired) electrons. The second-order valence-corrected chi connectivity index (χ2v) is 7.41. The Balaban J connectivity index is 1.54. The van der Waals surface area contributed by atoms with E-state index in [1.807, 2.05) is 32.0 Å². The molecule has 1 aliphatic carbocycles. The molecule has 4 rings (SSSR count). The van der Waals surface area contributed by atoms with Gasteiger partial charge < -0.3 is 16.2 Å². The number of nitrogens with zero attached hydrogens (tertiary/aromatic N) is 5. The molecule has 3 aromatic heterocycles. The van der Waals surface area contributed by atoms with E-state index in [-0.39, 0.29) is 23.4 Å². The number of nitrogens with two attached hydrogens (primary N) is 1. The van der Waals surface area contributed by atoms with Crippen molar-refractivity contribution < 1.29 is 5.11 Å². The molecular weight excluding hydrogens is 354 g/mol. The average Bonchev–Trinajstić information content (AvgIpc) is 3.45. The fourth-order valence-electron chi connectivity index (χ4n) is 3.39. The normalized spacial score (nSPS) is 14.8. The van der Waals surface area contributed by atoms with Crippen molar-refractivity contribution >= 4 is 17.3 Å². The number of aliphatic hydroxyl groups is 1. The number of rotatable bonds is 6. The molecule has 3 heterocycles. The summed E-state index contributed by atoms with van der Waals surface area (Å²) in [5, 5.41) is 26.7. The third-order valence-electron chi connectivity index (χ3n) is 5.56. The van der Waals surface area contributed by atoms with Crippen molar-refractivity contribution in [3.05, 3.63) is 46.4 Å². The molecule has 0 atom stereocenters. The molecule has 0 aromatic carbocycles. The Labute approximate surface area is 163 Å². The van der Waals surface area contributed by atoms with Crippen LogP contribution in [-0.2, 0) is 11.8 Å². The highest BCUT2D eigenvalue weighted by Crippen LogP contribution is 2.46. The van der Waals surface area contributed by atoms with Gasteiger partial charge in [0.25, 0.3) is 0 Å². The molecule has 0 bridgehead atoms. The van der Waals surface area contributed by atoms with Gasteiger partial charge in [-0.3, -0.25) is 4.98 Å².